The second-order valence-corrected chi connectivity index (χ2v) is 4.95. The second-order valence-electron chi connectivity index (χ2n) is 4.03. The summed E-state index contributed by atoms with van der Waals surface area (Å²) in [6, 6.07) is 4.70. The van der Waals surface area contributed by atoms with E-state index in [2.05, 4.69) is 25.9 Å². The van der Waals surface area contributed by atoms with Crippen LogP contribution >= 0.6 is 15.9 Å². The SMILES string of the molecule is Cc1nc(-c2cc(Br)ccc2F)nc(CN)c1C. The van der Waals surface area contributed by atoms with Crippen LogP contribution in [-0.2, 0) is 6.54 Å². The van der Waals surface area contributed by atoms with Crippen LogP contribution in [0.2, 0.25) is 0 Å². The van der Waals surface area contributed by atoms with E-state index in [-0.39, 0.29) is 5.82 Å². The lowest BCUT2D eigenvalue weighted by molar-refractivity contribution is 0.629. The molecule has 1 aromatic carbocycles. The number of halogens is 2. The Kier molecular flexibility index (Phi) is 3.73. The summed E-state index contributed by atoms with van der Waals surface area (Å²) in [6.07, 6.45) is 0. The van der Waals surface area contributed by atoms with Crippen molar-refractivity contribution in [1.82, 2.24) is 9.97 Å². The molecular weight excluding hydrogens is 297 g/mol. The third-order valence-corrected chi connectivity index (χ3v) is 3.35. The van der Waals surface area contributed by atoms with E-state index in [0.29, 0.717) is 17.9 Å². The topological polar surface area (TPSA) is 51.8 Å². The third-order valence-electron chi connectivity index (χ3n) is 2.85. The highest BCUT2D eigenvalue weighted by Gasteiger charge is 2.12. The van der Waals surface area contributed by atoms with Crippen molar-refractivity contribution < 1.29 is 4.39 Å². The molecule has 0 spiro atoms. The largest absolute Gasteiger partial charge is 0.325 e. The van der Waals surface area contributed by atoms with Crippen molar-refractivity contribution in [1.29, 1.82) is 0 Å². The smallest absolute Gasteiger partial charge is 0.162 e. The van der Waals surface area contributed by atoms with Crippen LogP contribution < -0.4 is 5.73 Å². The van der Waals surface area contributed by atoms with Crippen LogP contribution in [0, 0.1) is 19.7 Å². The number of hydrogen-bond acceptors (Lipinski definition) is 3. The van der Waals surface area contributed by atoms with Gasteiger partial charge in [-0.2, -0.15) is 0 Å². The molecule has 0 saturated heterocycles. The number of nitrogens with two attached hydrogens (primary N) is 1. The Morgan fingerprint density at radius 3 is 2.67 bits per heavy atom. The minimum absolute atomic E-state index is 0.317. The summed E-state index contributed by atoms with van der Waals surface area (Å²) in [5.74, 6) is 0.0294. The minimum atomic E-state index is -0.343. The lowest BCUT2D eigenvalue weighted by Crippen LogP contribution is -2.07. The number of benzene rings is 1. The summed E-state index contributed by atoms with van der Waals surface area (Å²) in [6.45, 7) is 4.10. The van der Waals surface area contributed by atoms with Gasteiger partial charge in [0, 0.05) is 16.7 Å². The molecule has 94 valence electrons. The first-order chi connectivity index (χ1) is 8.52. The second kappa shape index (κ2) is 5.12. The summed E-state index contributed by atoms with van der Waals surface area (Å²) in [7, 11) is 0. The molecular formula is C13H13BrFN3. The molecule has 0 bridgehead atoms. The Bertz CT molecular complexity index is 599. The molecule has 18 heavy (non-hydrogen) atoms. The molecule has 2 aromatic rings. The third kappa shape index (κ3) is 2.42. The molecule has 3 nitrogen and oxygen atoms in total. The summed E-state index contributed by atoms with van der Waals surface area (Å²) in [5, 5.41) is 0. The zero-order valence-electron chi connectivity index (χ0n) is 10.2. The first-order valence-electron chi connectivity index (χ1n) is 5.52. The van der Waals surface area contributed by atoms with Crippen LogP contribution in [0.3, 0.4) is 0 Å². The summed E-state index contributed by atoms with van der Waals surface area (Å²) < 4.78 is 14.6. The Labute approximate surface area is 113 Å². The molecule has 2 rings (SSSR count). The van der Waals surface area contributed by atoms with E-state index in [0.717, 1.165) is 21.4 Å². The fourth-order valence-corrected chi connectivity index (χ4v) is 2.04. The molecule has 1 heterocycles. The Morgan fingerprint density at radius 2 is 2.00 bits per heavy atom. The molecule has 0 aliphatic carbocycles. The van der Waals surface area contributed by atoms with Gasteiger partial charge < -0.3 is 5.73 Å². The van der Waals surface area contributed by atoms with Gasteiger partial charge in [0.2, 0.25) is 0 Å². The van der Waals surface area contributed by atoms with Crippen molar-refractivity contribution in [3.05, 3.63) is 45.4 Å². The molecule has 5 heteroatoms. The maximum atomic E-state index is 13.8. The van der Waals surface area contributed by atoms with E-state index in [1.165, 1.54) is 6.07 Å². The number of aromatic nitrogens is 2. The van der Waals surface area contributed by atoms with Crippen molar-refractivity contribution in [2.24, 2.45) is 5.73 Å². The van der Waals surface area contributed by atoms with Crippen LogP contribution in [0.25, 0.3) is 11.4 Å². The van der Waals surface area contributed by atoms with Crippen molar-refractivity contribution in [3.63, 3.8) is 0 Å². The van der Waals surface area contributed by atoms with Gasteiger partial charge in [-0.3, -0.25) is 0 Å². The van der Waals surface area contributed by atoms with E-state index in [1.807, 2.05) is 13.8 Å². The predicted molar refractivity (Wildman–Crippen MR) is 72.5 cm³/mol. The molecule has 0 aliphatic rings. The van der Waals surface area contributed by atoms with Crippen molar-refractivity contribution in [2.75, 3.05) is 0 Å². The first-order valence-corrected chi connectivity index (χ1v) is 6.32. The van der Waals surface area contributed by atoms with E-state index in [9.17, 15) is 4.39 Å². The molecule has 0 amide bonds. The van der Waals surface area contributed by atoms with Crippen molar-refractivity contribution >= 4 is 15.9 Å². The lowest BCUT2D eigenvalue weighted by atomic mass is 10.1. The van der Waals surface area contributed by atoms with Gasteiger partial charge in [0.05, 0.1) is 11.3 Å². The van der Waals surface area contributed by atoms with E-state index < -0.39 is 0 Å². The molecule has 0 fully saturated rings. The van der Waals surface area contributed by atoms with E-state index in [4.69, 9.17) is 5.73 Å². The average molecular weight is 310 g/mol. The highest BCUT2D eigenvalue weighted by molar-refractivity contribution is 9.10. The van der Waals surface area contributed by atoms with Gasteiger partial charge in [0.15, 0.2) is 5.82 Å². The molecule has 2 N–H and O–H groups in total. The Morgan fingerprint density at radius 1 is 1.28 bits per heavy atom. The molecule has 0 aliphatic heterocycles. The number of rotatable bonds is 2. The van der Waals surface area contributed by atoms with Crippen LogP contribution in [0.4, 0.5) is 4.39 Å². The number of hydrogen-bond donors (Lipinski definition) is 1. The molecule has 0 radical (unpaired) electrons. The van der Waals surface area contributed by atoms with Crippen LogP contribution in [0.5, 0.6) is 0 Å². The Balaban J connectivity index is 2.64. The monoisotopic (exact) mass is 309 g/mol. The van der Waals surface area contributed by atoms with Crippen molar-refractivity contribution in [3.8, 4) is 11.4 Å². The van der Waals surface area contributed by atoms with Crippen LogP contribution in [-0.4, -0.2) is 9.97 Å². The van der Waals surface area contributed by atoms with Gasteiger partial charge in [0.1, 0.15) is 5.82 Å². The van der Waals surface area contributed by atoms with Gasteiger partial charge in [-0.25, -0.2) is 14.4 Å². The quantitative estimate of drug-likeness (QED) is 0.927. The summed E-state index contributed by atoms with van der Waals surface area (Å²) in [5.41, 5.74) is 8.54. The first kappa shape index (κ1) is 13.1. The zero-order chi connectivity index (χ0) is 13.3. The molecule has 0 saturated carbocycles. The number of nitrogens with zero attached hydrogens (tertiary/aromatic N) is 2. The van der Waals surface area contributed by atoms with Gasteiger partial charge in [0.25, 0.3) is 0 Å². The van der Waals surface area contributed by atoms with Crippen LogP contribution in [0.1, 0.15) is 17.0 Å². The van der Waals surface area contributed by atoms with Crippen molar-refractivity contribution in [2.45, 2.75) is 20.4 Å². The molecule has 0 atom stereocenters. The van der Waals surface area contributed by atoms with Gasteiger partial charge in [-0.1, -0.05) is 15.9 Å². The minimum Gasteiger partial charge on any atom is -0.325 e. The van der Waals surface area contributed by atoms with Gasteiger partial charge >= 0.3 is 0 Å². The highest BCUT2D eigenvalue weighted by Crippen LogP contribution is 2.25. The maximum absolute atomic E-state index is 13.8. The highest BCUT2D eigenvalue weighted by atomic mass is 79.9. The maximum Gasteiger partial charge on any atom is 0.162 e. The molecule has 0 unspecified atom stereocenters. The van der Waals surface area contributed by atoms with Gasteiger partial charge in [-0.05, 0) is 37.6 Å². The molecule has 1 aromatic heterocycles. The fraction of sp³-hybridized carbons (Fsp3) is 0.231. The number of aryl methyl sites for hydroxylation is 1. The average Bonchev–Trinajstić information content (AvgIpc) is 2.35. The van der Waals surface area contributed by atoms with E-state index >= 15 is 0 Å². The van der Waals surface area contributed by atoms with Crippen LogP contribution in [0.15, 0.2) is 22.7 Å². The van der Waals surface area contributed by atoms with E-state index in [1.54, 1.807) is 12.1 Å². The lowest BCUT2D eigenvalue weighted by Gasteiger charge is -2.09. The summed E-state index contributed by atoms with van der Waals surface area (Å²) in [4.78, 5) is 8.65. The Hall–Kier alpha value is -1.33. The summed E-state index contributed by atoms with van der Waals surface area (Å²) >= 11 is 3.32. The standard InChI is InChI=1S/C13H13BrFN3/c1-7-8(2)17-13(18-12(7)6-16)10-5-9(14)3-4-11(10)15/h3-5H,6,16H2,1-2H3. The normalized spacial score (nSPS) is 10.7. The zero-order valence-corrected chi connectivity index (χ0v) is 11.8. The fourth-order valence-electron chi connectivity index (χ4n) is 1.68. The predicted octanol–water partition coefficient (Wildman–Crippen LogP) is 3.12. The van der Waals surface area contributed by atoms with Gasteiger partial charge in [-0.15, -0.1) is 0 Å².